The quantitative estimate of drug-likeness (QED) is 0.875. The third-order valence-electron chi connectivity index (χ3n) is 3.50. The zero-order valence-electron chi connectivity index (χ0n) is 13.0. The molecule has 4 heteroatoms. The molecule has 1 amide bonds. The number of anilines is 1. The summed E-state index contributed by atoms with van der Waals surface area (Å²) in [4.78, 5) is 14.7. The summed E-state index contributed by atoms with van der Waals surface area (Å²) in [7, 11) is 0. The van der Waals surface area contributed by atoms with Crippen molar-refractivity contribution in [2.45, 2.75) is 34.2 Å². The Hall–Kier alpha value is -1.81. The number of hydrogen-bond donors (Lipinski definition) is 2. The fourth-order valence-electron chi connectivity index (χ4n) is 2.20. The summed E-state index contributed by atoms with van der Waals surface area (Å²) in [6, 6.07) is 7.90. The van der Waals surface area contributed by atoms with Crippen LogP contribution in [0, 0.1) is 20.8 Å². The summed E-state index contributed by atoms with van der Waals surface area (Å²) in [5.74, 6) is -0.0233. The van der Waals surface area contributed by atoms with Gasteiger partial charge in [-0.1, -0.05) is 0 Å². The number of benzene rings is 1. The molecule has 0 aliphatic carbocycles. The van der Waals surface area contributed by atoms with Crippen LogP contribution in [0.15, 0.2) is 24.3 Å². The molecule has 2 N–H and O–H groups in total. The molecule has 1 heterocycles. The maximum atomic E-state index is 12.2. The molecule has 0 unspecified atom stereocenters. The maximum Gasteiger partial charge on any atom is 0.251 e. The predicted molar refractivity (Wildman–Crippen MR) is 90.3 cm³/mol. The molecule has 1 aromatic heterocycles. The highest BCUT2D eigenvalue weighted by Crippen LogP contribution is 2.20. The van der Waals surface area contributed by atoms with Gasteiger partial charge < -0.3 is 10.6 Å². The molecular formula is C17H22N2OS. The van der Waals surface area contributed by atoms with Crippen LogP contribution < -0.4 is 10.6 Å². The van der Waals surface area contributed by atoms with Gasteiger partial charge in [-0.15, -0.1) is 11.3 Å². The van der Waals surface area contributed by atoms with Crippen LogP contribution in [-0.4, -0.2) is 12.5 Å². The van der Waals surface area contributed by atoms with E-state index in [2.05, 4.69) is 37.5 Å². The van der Waals surface area contributed by atoms with E-state index in [-0.39, 0.29) is 5.91 Å². The van der Waals surface area contributed by atoms with E-state index in [1.165, 1.54) is 15.3 Å². The van der Waals surface area contributed by atoms with Crippen LogP contribution in [0.1, 0.15) is 38.2 Å². The van der Waals surface area contributed by atoms with Crippen LogP contribution in [0.5, 0.6) is 0 Å². The van der Waals surface area contributed by atoms with E-state index < -0.39 is 0 Å². The topological polar surface area (TPSA) is 41.1 Å². The zero-order chi connectivity index (χ0) is 15.4. The fraction of sp³-hybridized carbons (Fsp3) is 0.353. The van der Waals surface area contributed by atoms with Crippen molar-refractivity contribution in [2.75, 3.05) is 11.9 Å². The first-order chi connectivity index (χ1) is 10.0. The van der Waals surface area contributed by atoms with Gasteiger partial charge in [-0.3, -0.25) is 4.79 Å². The number of hydrogen-bond acceptors (Lipinski definition) is 3. The molecule has 0 atom stereocenters. The van der Waals surface area contributed by atoms with Gasteiger partial charge in [0, 0.05) is 27.5 Å². The van der Waals surface area contributed by atoms with E-state index in [1.54, 1.807) is 11.3 Å². The first-order valence-corrected chi connectivity index (χ1v) is 8.01. The van der Waals surface area contributed by atoms with Gasteiger partial charge in [-0.25, -0.2) is 0 Å². The average Bonchev–Trinajstić information content (AvgIpc) is 2.77. The number of carbonyl (C=O) groups excluding carboxylic acids is 1. The van der Waals surface area contributed by atoms with Crippen LogP contribution in [-0.2, 0) is 6.54 Å². The van der Waals surface area contributed by atoms with Crippen molar-refractivity contribution in [3.63, 3.8) is 0 Å². The lowest BCUT2D eigenvalue weighted by Gasteiger charge is -2.09. The van der Waals surface area contributed by atoms with E-state index in [4.69, 9.17) is 0 Å². The molecule has 0 saturated heterocycles. The number of rotatable bonds is 5. The predicted octanol–water partition coefficient (Wildman–Crippen LogP) is 4.04. The van der Waals surface area contributed by atoms with Gasteiger partial charge in [-0.05, 0) is 63.1 Å². The Labute approximate surface area is 130 Å². The van der Waals surface area contributed by atoms with Gasteiger partial charge in [0.25, 0.3) is 5.91 Å². The van der Waals surface area contributed by atoms with E-state index in [1.807, 2.05) is 25.1 Å². The monoisotopic (exact) mass is 302 g/mol. The van der Waals surface area contributed by atoms with Crippen LogP contribution in [0.4, 0.5) is 5.69 Å². The highest BCUT2D eigenvalue weighted by molar-refractivity contribution is 7.12. The first-order valence-electron chi connectivity index (χ1n) is 7.20. The number of nitrogens with one attached hydrogen (secondary N) is 2. The minimum absolute atomic E-state index is 0.0233. The van der Waals surface area contributed by atoms with E-state index in [0.717, 1.165) is 17.8 Å². The second-order valence-corrected chi connectivity index (χ2v) is 6.54. The highest BCUT2D eigenvalue weighted by Gasteiger charge is 2.08. The SMILES string of the molecule is CCNc1ccc(C(=O)NCc2cc(C)c(C)s2)cc1C. The third-order valence-corrected chi connectivity index (χ3v) is 4.65. The average molecular weight is 302 g/mol. The van der Waals surface area contributed by atoms with Crippen molar-refractivity contribution >= 4 is 22.9 Å². The Balaban J connectivity index is 2.01. The molecule has 0 radical (unpaired) electrons. The van der Waals surface area contributed by atoms with Gasteiger partial charge in [0.05, 0.1) is 6.54 Å². The summed E-state index contributed by atoms with van der Waals surface area (Å²) in [5, 5.41) is 6.26. The van der Waals surface area contributed by atoms with E-state index in [0.29, 0.717) is 12.1 Å². The molecule has 2 rings (SSSR count). The molecule has 0 fully saturated rings. The lowest BCUT2D eigenvalue weighted by atomic mass is 10.1. The molecule has 0 saturated carbocycles. The minimum Gasteiger partial charge on any atom is -0.385 e. The van der Waals surface area contributed by atoms with Crippen molar-refractivity contribution in [2.24, 2.45) is 0 Å². The van der Waals surface area contributed by atoms with Crippen LogP contribution in [0.2, 0.25) is 0 Å². The second kappa shape index (κ2) is 6.76. The number of thiophene rings is 1. The molecule has 0 spiro atoms. The Morgan fingerprint density at radius 1 is 1.14 bits per heavy atom. The van der Waals surface area contributed by atoms with Gasteiger partial charge in [-0.2, -0.15) is 0 Å². The lowest BCUT2D eigenvalue weighted by molar-refractivity contribution is 0.0951. The standard InChI is InChI=1S/C17H22N2OS/c1-5-18-16-7-6-14(8-12(16)3)17(20)19-10-15-9-11(2)13(4)21-15/h6-9,18H,5,10H2,1-4H3,(H,19,20). The summed E-state index contributed by atoms with van der Waals surface area (Å²) in [6.07, 6.45) is 0. The molecule has 1 aromatic carbocycles. The molecule has 112 valence electrons. The smallest absolute Gasteiger partial charge is 0.251 e. The van der Waals surface area contributed by atoms with Gasteiger partial charge in [0.15, 0.2) is 0 Å². The molecule has 21 heavy (non-hydrogen) atoms. The Morgan fingerprint density at radius 2 is 1.90 bits per heavy atom. The highest BCUT2D eigenvalue weighted by atomic mass is 32.1. The Kier molecular flexibility index (Phi) is 5.02. The van der Waals surface area contributed by atoms with Gasteiger partial charge >= 0.3 is 0 Å². The minimum atomic E-state index is -0.0233. The van der Waals surface area contributed by atoms with Gasteiger partial charge in [0.1, 0.15) is 0 Å². The number of carbonyl (C=O) groups is 1. The van der Waals surface area contributed by atoms with Crippen molar-refractivity contribution in [3.8, 4) is 0 Å². The summed E-state index contributed by atoms with van der Waals surface area (Å²) in [5.41, 5.74) is 4.17. The summed E-state index contributed by atoms with van der Waals surface area (Å²) >= 11 is 1.74. The van der Waals surface area contributed by atoms with Gasteiger partial charge in [0.2, 0.25) is 0 Å². The van der Waals surface area contributed by atoms with Crippen molar-refractivity contribution in [1.29, 1.82) is 0 Å². The molecule has 0 aliphatic rings. The molecule has 0 aliphatic heterocycles. The lowest BCUT2D eigenvalue weighted by Crippen LogP contribution is -2.22. The van der Waals surface area contributed by atoms with Crippen molar-refractivity contribution in [3.05, 3.63) is 50.7 Å². The van der Waals surface area contributed by atoms with Crippen LogP contribution in [0.3, 0.4) is 0 Å². The van der Waals surface area contributed by atoms with Crippen LogP contribution >= 0.6 is 11.3 Å². The molecular weight excluding hydrogens is 280 g/mol. The largest absolute Gasteiger partial charge is 0.385 e. The Bertz CT molecular complexity index is 627. The maximum absolute atomic E-state index is 12.2. The van der Waals surface area contributed by atoms with Crippen LogP contribution in [0.25, 0.3) is 0 Å². The molecule has 0 bridgehead atoms. The fourth-order valence-corrected chi connectivity index (χ4v) is 3.19. The third kappa shape index (κ3) is 3.85. The van der Waals surface area contributed by atoms with E-state index >= 15 is 0 Å². The van der Waals surface area contributed by atoms with E-state index in [9.17, 15) is 4.79 Å². The first kappa shape index (κ1) is 15.6. The Morgan fingerprint density at radius 3 is 2.48 bits per heavy atom. The van der Waals surface area contributed by atoms with Crippen molar-refractivity contribution < 1.29 is 4.79 Å². The normalized spacial score (nSPS) is 10.5. The molecule has 2 aromatic rings. The summed E-state index contributed by atoms with van der Waals surface area (Å²) in [6.45, 7) is 9.75. The second-order valence-electron chi connectivity index (χ2n) is 5.19. The zero-order valence-corrected chi connectivity index (χ0v) is 13.9. The number of amides is 1. The number of aryl methyl sites for hydroxylation is 3. The summed E-state index contributed by atoms with van der Waals surface area (Å²) < 4.78 is 0. The molecule has 3 nitrogen and oxygen atoms in total. The van der Waals surface area contributed by atoms with Crippen molar-refractivity contribution in [1.82, 2.24) is 5.32 Å².